The van der Waals surface area contributed by atoms with Crippen molar-refractivity contribution in [3.8, 4) is 5.75 Å². The number of benzene rings is 2. The molecule has 0 unspecified atom stereocenters. The molecule has 10 heteroatoms. The lowest BCUT2D eigenvalue weighted by atomic mass is 10.0. The van der Waals surface area contributed by atoms with Crippen molar-refractivity contribution in [2.75, 3.05) is 6.54 Å². The van der Waals surface area contributed by atoms with Gasteiger partial charge in [0.1, 0.15) is 18.4 Å². The van der Waals surface area contributed by atoms with Crippen molar-refractivity contribution >= 4 is 26.2 Å². The third-order valence-electron chi connectivity index (χ3n) is 7.63. The molecule has 4 rings (SSSR count). The van der Waals surface area contributed by atoms with Crippen molar-refractivity contribution in [2.24, 2.45) is 0 Å². The normalized spacial score (nSPS) is 19.3. The smallest absolute Gasteiger partial charge is 0.345 e. The summed E-state index contributed by atoms with van der Waals surface area (Å²) in [6.07, 6.45) is 1.25. The van der Waals surface area contributed by atoms with Crippen LogP contribution in [0.4, 0.5) is 4.79 Å². The van der Waals surface area contributed by atoms with Crippen molar-refractivity contribution in [1.82, 2.24) is 20.8 Å². The number of hydrazine groups is 1. The average molecular weight is 539 g/mol. The Balaban J connectivity index is 1.24. The molecule has 2 fully saturated rings. The zero-order valence-corrected chi connectivity index (χ0v) is 23.8. The second kappa shape index (κ2) is 11.2. The van der Waals surface area contributed by atoms with Gasteiger partial charge < -0.3 is 9.33 Å². The molecule has 2 saturated heterocycles. The van der Waals surface area contributed by atoms with Crippen LogP contribution in [0.5, 0.6) is 5.75 Å². The van der Waals surface area contributed by atoms with Gasteiger partial charge in [0.25, 0.3) is 5.91 Å². The van der Waals surface area contributed by atoms with E-state index in [0.29, 0.717) is 19.4 Å². The van der Waals surface area contributed by atoms with E-state index in [4.69, 9.17) is 9.26 Å². The average Bonchev–Trinajstić information content (AvgIpc) is 3.11. The van der Waals surface area contributed by atoms with Crippen LogP contribution in [0.25, 0.3) is 0 Å². The molecule has 9 nitrogen and oxygen atoms in total. The van der Waals surface area contributed by atoms with Crippen molar-refractivity contribution in [1.29, 1.82) is 0 Å². The number of rotatable bonds is 8. The van der Waals surface area contributed by atoms with E-state index >= 15 is 0 Å². The van der Waals surface area contributed by atoms with Gasteiger partial charge in [-0.2, -0.15) is 5.06 Å². The lowest BCUT2D eigenvalue weighted by Gasteiger charge is -2.36. The molecule has 2 aliphatic rings. The molecule has 4 amide bonds. The molecule has 2 aromatic carbocycles. The van der Waals surface area contributed by atoms with Gasteiger partial charge >= 0.3 is 6.03 Å². The van der Waals surface area contributed by atoms with Crippen molar-refractivity contribution in [3.63, 3.8) is 0 Å². The van der Waals surface area contributed by atoms with Crippen LogP contribution in [-0.4, -0.2) is 54.8 Å². The number of hydrogen-bond acceptors (Lipinski definition) is 5. The first kappa shape index (κ1) is 27.7. The van der Waals surface area contributed by atoms with Gasteiger partial charge in [0, 0.05) is 6.54 Å². The molecular formula is C28H38N4O5Si. The molecule has 204 valence electrons. The van der Waals surface area contributed by atoms with Gasteiger partial charge in [0.2, 0.25) is 14.2 Å². The minimum absolute atomic E-state index is 0.0894. The standard InChI is InChI=1S/C28H38N4O5Si/c1-28(2,3)38(4,5)37-23-14-11-20(12-15-23)17-25(33)29-30-26(34)24-16-13-22-18-31(24)27(35)32(22)36-19-21-9-7-6-8-10-21/h6-12,14-15,22,24H,13,16-19H2,1-5H3,(H,29,33)(H,30,34)/t22-,24+/m1/s1. The first-order chi connectivity index (χ1) is 17.9. The Kier molecular flexibility index (Phi) is 8.12. The molecule has 2 aliphatic heterocycles. The molecule has 2 heterocycles. The molecule has 0 saturated carbocycles. The fourth-order valence-corrected chi connectivity index (χ4v) is 5.39. The Morgan fingerprint density at radius 3 is 2.32 bits per heavy atom. The van der Waals surface area contributed by atoms with Crippen LogP contribution in [0, 0.1) is 0 Å². The summed E-state index contributed by atoms with van der Waals surface area (Å²) in [7, 11) is -1.94. The fraction of sp³-hybridized carbons (Fsp3) is 0.464. The third kappa shape index (κ3) is 6.36. The van der Waals surface area contributed by atoms with Gasteiger partial charge in [-0.15, -0.1) is 0 Å². The van der Waals surface area contributed by atoms with E-state index in [1.54, 1.807) is 0 Å². The van der Waals surface area contributed by atoms with E-state index < -0.39 is 20.3 Å². The number of nitrogens with zero attached hydrogens (tertiary/aromatic N) is 2. The lowest BCUT2D eigenvalue weighted by molar-refractivity contribution is -0.140. The second-order valence-corrected chi connectivity index (χ2v) is 16.2. The summed E-state index contributed by atoms with van der Waals surface area (Å²) in [5.41, 5.74) is 6.75. The quantitative estimate of drug-likeness (QED) is 0.388. The maximum Gasteiger partial charge on any atom is 0.345 e. The van der Waals surface area contributed by atoms with Crippen LogP contribution in [0.1, 0.15) is 44.7 Å². The summed E-state index contributed by atoms with van der Waals surface area (Å²) < 4.78 is 6.29. The maximum absolute atomic E-state index is 12.9. The highest BCUT2D eigenvalue weighted by Crippen LogP contribution is 2.37. The number of urea groups is 1. The summed E-state index contributed by atoms with van der Waals surface area (Å²) in [6, 6.07) is 16.0. The minimum atomic E-state index is -1.94. The molecular weight excluding hydrogens is 500 g/mol. The monoisotopic (exact) mass is 538 g/mol. The fourth-order valence-electron chi connectivity index (χ4n) is 4.36. The number of amides is 4. The van der Waals surface area contributed by atoms with E-state index in [0.717, 1.165) is 16.9 Å². The van der Waals surface area contributed by atoms with Crippen LogP contribution in [0.3, 0.4) is 0 Å². The molecule has 0 radical (unpaired) electrons. The molecule has 0 aliphatic carbocycles. The van der Waals surface area contributed by atoms with Gasteiger partial charge in [-0.25, -0.2) is 4.79 Å². The summed E-state index contributed by atoms with van der Waals surface area (Å²) in [4.78, 5) is 45.6. The topological polar surface area (TPSA) is 100 Å². The van der Waals surface area contributed by atoms with Gasteiger partial charge in [-0.1, -0.05) is 63.2 Å². The van der Waals surface area contributed by atoms with Gasteiger partial charge in [0.05, 0.1) is 12.5 Å². The lowest BCUT2D eigenvalue weighted by Crippen LogP contribution is -2.54. The van der Waals surface area contributed by atoms with E-state index in [1.165, 1.54) is 9.96 Å². The van der Waals surface area contributed by atoms with Gasteiger partial charge in [-0.3, -0.25) is 25.3 Å². The number of piperidine rings is 1. The number of nitrogens with one attached hydrogen (secondary N) is 2. The molecule has 0 spiro atoms. The summed E-state index contributed by atoms with van der Waals surface area (Å²) >= 11 is 0. The minimum Gasteiger partial charge on any atom is -0.544 e. The van der Waals surface area contributed by atoms with Crippen molar-refractivity contribution in [2.45, 2.75) is 76.9 Å². The second-order valence-electron chi connectivity index (χ2n) is 11.5. The first-order valence-electron chi connectivity index (χ1n) is 13.1. The third-order valence-corrected chi connectivity index (χ3v) is 12.0. The highest BCUT2D eigenvalue weighted by atomic mass is 28.4. The largest absolute Gasteiger partial charge is 0.544 e. The van der Waals surface area contributed by atoms with Gasteiger partial charge in [0.15, 0.2) is 0 Å². The van der Waals surface area contributed by atoms with Crippen LogP contribution in [0.2, 0.25) is 18.1 Å². The van der Waals surface area contributed by atoms with E-state index in [-0.39, 0.29) is 36.0 Å². The van der Waals surface area contributed by atoms with E-state index in [1.807, 2.05) is 54.6 Å². The highest BCUT2D eigenvalue weighted by Gasteiger charge is 2.48. The SMILES string of the molecule is CC(C)(C)[Si](C)(C)Oc1ccc(CC(=O)NNC(=O)[C@@H]2CC[C@@H]3CN2C(=O)N3OCc2ccccc2)cc1. The van der Waals surface area contributed by atoms with Crippen molar-refractivity contribution < 1.29 is 23.6 Å². The van der Waals surface area contributed by atoms with E-state index in [2.05, 4.69) is 44.7 Å². The Morgan fingerprint density at radius 1 is 0.974 bits per heavy atom. The van der Waals surface area contributed by atoms with Crippen molar-refractivity contribution in [3.05, 3.63) is 65.7 Å². The highest BCUT2D eigenvalue weighted by molar-refractivity contribution is 6.74. The predicted octanol–water partition coefficient (Wildman–Crippen LogP) is 4.16. The zero-order valence-electron chi connectivity index (χ0n) is 22.8. The molecule has 2 bridgehead atoms. The van der Waals surface area contributed by atoms with E-state index in [9.17, 15) is 14.4 Å². The number of carbonyl (C=O) groups is 3. The number of carbonyl (C=O) groups excluding carboxylic acids is 3. The Hall–Kier alpha value is -3.37. The first-order valence-corrected chi connectivity index (χ1v) is 16.0. The Bertz CT molecular complexity index is 1150. The molecule has 2 N–H and O–H groups in total. The Morgan fingerprint density at radius 2 is 1.66 bits per heavy atom. The molecule has 2 aromatic rings. The summed E-state index contributed by atoms with van der Waals surface area (Å²) in [6.45, 7) is 11.6. The number of hydroxylamine groups is 2. The van der Waals surface area contributed by atoms with Crippen LogP contribution in [0.15, 0.2) is 54.6 Å². The van der Waals surface area contributed by atoms with Crippen LogP contribution < -0.4 is 15.3 Å². The molecule has 38 heavy (non-hydrogen) atoms. The summed E-state index contributed by atoms with van der Waals surface area (Å²) in [5.74, 6) is 0.0422. The maximum atomic E-state index is 12.9. The van der Waals surface area contributed by atoms with Crippen LogP contribution in [-0.2, 0) is 27.5 Å². The zero-order chi connectivity index (χ0) is 27.5. The summed E-state index contributed by atoms with van der Waals surface area (Å²) in [5, 5.41) is 1.48. The number of fused-ring (bicyclic) bond motifs is 2. The molecule has 0 aromatic heterocycles. The van der Waals surface area contributed by atoms with Crippen LogP contribution >= 0.6 is 0 Å². The Labute approximate surface area is 225 Å². The van der Waals surface area contributed by atoms with Gasteiger partial charge in [-0.05, 0) is 54.2 Å². The number of hydrogen-bond donors (Lipinski definition) is 2. The molecule has 2 atom stereocenters. The predicted molar refractivity (Wildman–Crippen MR) is 146 cm³/mol.